The van der Waals surface area contributed by atoms with Gasteiger partial charge in [-0.15, -0.1) is 0 Å². The Balaban J connectivity index is 1.37. The maximum Gasteiger partial charge on any atom is 0.333 e. The third-order valence-corrected chi connectivity index (χ3v) is 6.10. The largest absolute Gasteiger partial charge is 0.378 e. The summed E-state index contributed by atoms with van der Waals surface area (Å²) in [4.78, 5) is 39.9. The van der Waals surface area contributed by atoms with Crippen molar-refractivity contribution in [3.05, 3.63) is 31.4 Å². The van der Waals surface area contributed by atoms with Gasteiger partial charge in [-0.25, -0.2) is 9.67 Å². The van der Waals surface area contributed by atoms with Gasteiger partial charge in [0.2, 0.25) is 17.8 Å². The van der Waals surface area contributed by atoms with E-state index in [0.29, 0.717) is 59.6 Å². The highest BCUT2D eigenvalue weighted by Gasteiger charge is 2.30. The molecule has 16 heteroatoms. The second-order valence-corrected chi connectivity index (χ2v) is 8.60. The van der Waals surface area contributed by atoms with Gasteiger partial charge in [0.15, 0.2) is 17.0 Å². The number of ether oxygens (including phenoxy) is 2. The van der Waals surface area contributed by atoms with E-state index in [1.54, 1.807) is 0 Å². The van der Waals surface area contributed by atoms with Crippen LogP contribution in [0.5, 0.6) is 0 Å². The SMILES string of the molecule is C=CC(=O)N[C@H]1COC[C@@H]1NC(=O)CNc1nc(N2CCOCC2)nc2c1ncn2-c1cnn(C(F)F)c1. The van der Waals surface area contributed by atoms with E-state index in [1.165, 1.54) is 23.3 Å². The molecule has 3 aromatic heterocycles. The number of halogens is 2. The molecule has 0 aliphatic carbocycles. The average Bonchev–Trinajstić information content (AvgIpc) is 3.68. The van der Waals surface area contributed by atoms with E-state index in [9.17, 15) is 18.4 Å². The van der Waals surface area contributed by atoms with Gasteiger partial charge in [0.1, 0.15) is 6.33 Å². The number of rotatable bonds is 9. The smallest absolute Gasteiger partial charge is 0.333 e. The maximum atomic E-state index is 13.1. The molecule has 2 amide bonds. The van der Waals surface area contributed by atoms with Gasteiger partial charge in [0.25, 0.3) is 0 Å². The number of carbonyl (C=O) groups excluding carboxylic acids is 2. The first-order chi connectivity index (χ1) is 18.4. The van der Waals surface area contributed by atoms with Crippen molar-refractivity contribution in [3.8, 4) is 5.69 Å². The Kier molecular flexibility index (Phi) is 7.41. The van der Waals surface area contributed by atoms with Crippen LogP contribution in [-0.4, -0.2) is 99.3 Å². The molecule has 2 fully saturated rings. The Morgan fingerprint density at radius 1 is 1.16 bits per heavy atom. The van der Waals surface area contributed by atoms with E-state index in [-0.39, 0.29) is 37.6 Å². The number of hydrogen-bond acceptors (Lipinski definition) is 10. The maximum absolute atomic E-state index is 13.1. The molecule has 3 N–H and O–H groups in total. The van der Waals surface area contributed by atoms with Gasteiger partial charge in [-0.3, -0.25) is 14.2 Å². The van der Waals surface area contributed by atoms with Gasteiger partial charge in [0, 0.05) is 13.1 Å². The first-order valence-electron chi connectivity index (χ1n) is 11.9. The van der Waals surface area contributed by atoms with Crippen LogP contribution in [0, 0.1) is 0 Å². The fourth-order valence-electron chi connectivity index (χ4n) is 4.17. The van der Waals surface area contributed by atoms with Crippen LogP contribution < -0.4 is 20.9 Å². The molecule has 0 unspecified atom stereocenters. The van der Waals surface area contributed by atoms with Crippen LogP contribution >= 0.6 is 0 Å². The number of aromatic nitrogens is 6. The molecule has 2 aliphatic rings. The lowest BCUT2D eigenvalue weighted by atomic mass is 10.1. The van der Waals surface area contributed by atoms with E-state index >= 15 is 0 Å². The number of alkyl halides is 2. The lowest BCUT2D eigenvalue weighted by molar-refractivity contribution is -0.121. The molecule has 0 radical (unpaired) electrons. The summed E-state index contributed by atoms with van der Waals surface area (Å²) in [7, 11) is 0. The van der Waals surface area contributed by atoms with Crippen molar-refractivity contribution in [2.24, 2.45) is 0 Å². The highest BCUT2D eigenvalue weighted by molar-refractivity contribution is 5.89. The van der Waals surface area contributed by atoms with Gasteiger partial charge in [-0.2, -0.15) is 23.8 Å². The lowest BCUT2D eigenvalue weighted by Crippen LogP contribution is -2.51. The molecule has 0 spiro atoms. The first kappa shape index (κ1) is 25.5. The van der Waals surface area contributed by atoms with Crippen molar-refractivity contribution in [3.63, 3.8) is 0 Å². The number of amides is 2. The molecular formula is C22H26F2N10O4. The third-order valence-electron chi connectivity index (χ3n) is 6.10. The predicted octanol–water partition coefficient (Wildman–Crippen LogP) is -0.159. The fourth-order valence-corrected chi connectivity index (χ4v) is 4.17. The number of nitrogens with zero attached hydrogens (tertiary/aromatic N) is 7. The number of anilines is 2. The van der Waals surface area contributed by atoms with Gasteiger partial charge < -0.3 is 30.3 Å². The zero-order valence-corrected chi connectivity index (χ0v) is 20.2. The third kappa shape index (κ3) is 5.40. The number of fused-ring (bicyclic) bond motifs is 1. The molecule has 0 bridgehead atoms. The average molecular weight is 533 g/mol. The van der Waals surface area contributed by atoms with Gasteiger partial charge in [0.05, 0.1) is 63.1 Å². The predicted molar refractivity (Wildman–Crippen MR) is 130 cm³/mol. The summed E-state index contributed by atoms with van der Waals surface area (Å²) >= 11 is 0. The molecule has 2 atom stereocenters. The van der Waals surface area contributed by atoms with Gasteiger partial charge >= 0.3 is 6.55 Å². The van der Waals surface area contributed by atoms with E-state index in [4.69, 9.17) is 9.47 Å². The summed E-state index contributed by atoms with van der Waals surface area (Å²) in [6.45, 7) is 3.13. The van der Waals surface area contributed by atoms with Crippen molar-refractivity contribution in [1.82, 2.24) is 39.9 Å². The molecule has 5 rings (SSSR count). The monoisotopic (exact) mass is 532 g/mol. The van der Waals surface area contributed by atoms with Crippen molar-refractivity contribution in [2.75, 3.05) is 56.3 Å². The molecule has 202 valence electrons. The number of hydrogen-bond donors (Lipinski definition) is 3. The van der Waals surface area contributed by atoms with Gasteiger partial charge in [-0.05, 0) is 6.08 Å². The number of nitrogens with one attached hydrogen (secondary N) is 3. The number of morpholine rings is 1. The van der Waals surface area contributed by atoms with E-state index < -0.39 is 12.6 Å². The topological polar surface area (TPSA) is 153 Å². The van der Waals surface area contributed by atoms with E-state index in [0.717, 1.165) is 6.08 Å². The second kappa shape index (κ2) is 11.1. The van der Waals surface area contributed by atoms with Crippen LogP contribution in [0.25, 0.3) is 16.9 Å². The molecule has 14 nitrogen and oxygen atoms in total. The van der Waals surface area contributed by atoms with Crippen LogP contribution in [0.3, 0.4) is 0 Å². The molecule has 0 saturated carbocycles. The molecule has 5 heterocycles. The Bertz CT molecular complexity index is 1320. The van der Waals surface area contributed by atoms with Crippen molar-refractivity contribution < 1.29 is 27.8 Å². The zero-order valence-electron chi connectivity index (χ0n) is 20.2. The normalized spacial score (nSPS) is 19.6. The highest BCUT2D eigenvalue weighted by atomic mass is 19.3. The summed E-state index contributed by atoms with van der Waals surface area (Å²) in [6.07, 6.45) is 5.07. The van der Waals surface area contributed by atoms with Crippen LogP contribution in [0.2, 0.25) is 0 Å². The van der Waals surface area contributed by atoms with Gasteiger partial charge in [-0.1, -0.05) is 6.58 Å². The Hall–Kier alpha value is -4.18. The molecule has 2 saturated heterocycles. The first-order valence-corrected chi connectivity index (χ1v) is 11.9. The lowest BCUT2D eigenvalue weighted by Gasteiger charge is -2.27. The van der Waals surface area contributed by atoms with E-state index in [1.807, 2.05) is 4.90 Å². The summed E-state index contributed by atoms with van der Waals surface area (Å²) < 4.78 is 39.0. The standard InChI is InChI=1S/C22H26F2N10O4/c1-2-16(35)28-14-10-38-11-15(14)29-17(36)8-25-19-18-20(31-22(30-19)32-3-5-37-6-4-32)33(12-26-18)13-7-27-34(9-13)21(23)24/h2,7,9,12,14-15,21H,1,3-6,8,10-11H2,(H,28,35)(H,29,36)(H,25,30,31)/t14-,15-/m0/s1. The van der Waals surface area contributed by atoms with Crippen molar-refractivity contribution >= 4 is 34.7 Å². The van der Waals surface area contributed by atoms with Crippen LogP contribution in [-0.2, 0) is 19.1 Å². The molecule has 38 heavy (non-hydrogen) atoms. The second-order valence-electron chi connectivity index (χ2n) is 8.60. The fraction of sp³-hybridized carbons (Fsp3) is 0.455. The minimum Gasteiger partial charge on any atom is -0.378 e. The minimum atomic E-state index is -2.79. The van der Waals surface area contributed by atoms with Crippen molar-refractivity contribution in [2.45, 2.75) is 18.6 Å². The quantitative estimate of drug-likeness (QED) is 0.317. The molecular weight excluding hydrogens is 506 g/mol. The zero-order chi connectivity index (χ0) is 26.6. The summed E-state index contributed by atoms with van der Waals surface area (Å²) in [5.41, 5.74) is 1.05. The number of imidazole rings is 1. The summed E-state index contributed by atoms with van der Waals surface area (Å²) in [6, 6.07) is -0.791. The van der Waals surface area contributed by atoms with Crippen LogP contribution in [0.1, 0.15) is 6.55 Å². The number of carbonyl (C=O) groups is 2. The summed E-state index contributed by atoms with van der Waals surface area (Å²) in [5.74, 6) is -0.0313. The molecule has 0 aromatic carbocycles. The Morgan fingerprint density at radius 2 is 1.92 bits per heavy atom. The Morgan fingerprint density at radius 3 is 2.63 bits per heavy atom. The summed E-state index contributed by atoms with van der Waals surface area (Å²) in [5, 5.41) is 12.3. The van der Waals surface area contributed by atoms with Crippen molar-refractivity contribution in [1.29, 1.82) is 0 Å². The van der Waals surface area contributed by atoms with Crippen LogP contribution in [0.15, 0.2) is 31.4 Å². The molecule has 2 aliphatic heterocycles. The Labute approximate surface area is 215 Å². The minimum absolute atomic E-state index is 0.149. The molecule has 3 aromatic rings. The van der Waals surface area contributed by atoms with E-state index in [2.05, 4.69) is 42.6 Å². The van der Waals surface area contributed by atoms with Crippen LogP contribution in [0.4, 0.5) is 20.5 Å². The highest BCUT2D eigenvalue weighted by Crippen LogP contribution is 2.26.